The normalized spacial score (nSPS) is 13.8. The van der Waals surface area contributed by atoms with Crippen molar-refractivity contribution in [2.24, 2.45) is 0 Å². The van der Waals surface area contributed by atoms with Crippen LogP contribution in [0.1, 0.15) is 18.0 Å². The lowest BCUT2D eigenvalue weighted by Gasteiger charge is -2.36. The molecule has 3 aromatic heterocycles. The van der Waals surface area contributed by atoms with Crippen molar-refractivity contribution in [3.8, 4) is 11.5 Å². The molecular weight excluding hydrogens is 507 g/mol. The SMILES string of the molecule is COC(=O)N1CCN(C(=O)N(Cc2cn3ccc(-c4nnc(C(F)F)o4)cc3n2)c2cccc(F)c2)CC1. The number of anilines is 1. The van der Waals surface area contributed by atoms with Gasteiger partial charge in [-0.25, -0.2) is 19.0 Å². The van der Waals surface area contributed by atoms with Crippen LogP contribution in [0, 0.1) is 5.82 Å². The lowest BCUT2D eigenvalue weighted by molar-refractivity contribution is 0.0981. The maximum Gasteiger partial charge on any atom is 0.409 e. The highest BCUT2D eigenvalue weighted by atomic mass is 19.3. The van der Waals surface area contributed by atoms with E-state index in [0.717, 1.165) is 0 Å². The van der Waals surface area contributed by atoms with Crippen molar-refractivity contribution < 1.29 is 31.9 Å². The second-order valence-electron chi connectivity index (χ2n) is 8.45. The first kappa shape index (κ1) is 25.0. The van der Waals surface area contributed by atoms with E-state index in [4.69, 9.17) is 9.15 Å². The van der Waals surface area contributed by atoms with Gasteiger partial charge in [0.15, 0.2) is 0 Å². The molecule has 4 aromatic rings. The number of amides is 3. The molecule has 14 heteroatoms. The Bertz CT molecular complexity index is 1470. The van der Waals surface area contributed by atoms with Crippen molar-refractivity contribution in [3.05, 3.63) is 66.2 Å². The summed E-state index contributed by atoms with van der Waals surface area (Å²) in [6.45, 7) is 1.18. The van der Waals surface area contributed by atoms with Crippen LogP contribution in [0.25, 0.3) is 17.1 Å². The number of alkyl halides is 2. The number of pyridine rings is 1. The van der Waals surface area contributed by atoms with Crippen LogP contribution in [0.15, 0.2) is 53.2 Å². The lowest BCUT2D eigenvalue weighted by atomic mass is 10.2. The molecule has 0 atom stereocenters. The molecule has 198 valence electrons. The van der Waals surface area contributed by atoms with E-state index in [1.807, 2.05) is 0 Å². The van der Waals surface area contributed by atoms with Crippen molar-refractivity contribution in [3.63, 3.8) is 0 Å². The molecule has 0 unspecified atom stereocenters. The number of benzene rings is 1. The molecule has 0 N–H and O–H groups in total. The largest absolute Gasteiger partial charge is 0.453 e. The number of ether oxygens (including phenoxy) is 1. The average Bonchev–Trinajstić information content (AvgIpc) is 3.58. The van der Waals surface area contributed by atoms with Gasteiger partial charge in [-0.1, -0.05) is 6.07 Å². The van der Waals surface area contributed by atoms with Crippen molar-refractivity contribution in [2.75, 3.05) is 38.2 Å². The average molecular weight is 529 g/mol. The van der Waals surface area contributed by atoms with Gasteiger partial charge in [0.25, 0.3) is 5.89 Å². The molecule has 11 nitrogen and oxygen atoms in total. The second-order valence-corrected chi connectivity index (χ2v) is 8.45. The number of urea groups is 1. The number of imidazole rings is 1. The van der Waals surface area contributed by atoms with Crippen molar-refractivity contribution in [1.29, 1.82) is 0 Å². The van der Waals surface area contributed by atoms with Gasteiger partial charge < -0.3 is 23.4 Å². The zero-order chi connectivity index (χ0) is 26.8. The highest BCUT2D eigenvalue weighted by molar-refractivity contribution is 5.92. The Kier molecular flexibility index (Phi) is 6.85. The molecule has 38 heavy (non-hydrogen) atoms. The number of hydrogen-bond donors (Lipinski definition) is 0. The van der Waals surface area contributed by atoms with Crippen LogP contribution in [0.5, 0.6) is 0 Å². The van der Waals surface area contributed by atoms with Crippen molar-refractivity contribution >= 4 is 23.5 Å². The Morgan fingerprint density at radius 1 is 1.11 bits per heavy atom. The van der Waals surface area contributed by atoms with Gasteiger partial charge in [0.1, 0.15) is 11.5 Å². The second kappa shape index (κ2) is 10.4. The van der Waals surface area contributed by atoms with Gasteiger partial charge >= 0.3 is 18.5 Å². The van der Waals surface area contributed by atoms with Crippen LogP contribution >= 0.6 is 0 Å². The highest BCUT2D eigenvalue weighted by Crippen LogP contribution is 2.25. The summed E-state index contributed by atoms with van der Waals surface area (Å²) in [5, 5.41) is 6.99. The fourth-order valence-corrected chi connectivity index (χ4v) is 4.14. The van der Waals surface area contributed by atoms with Crippen LogP contribution in [-0.2, 0) is 11.3 Å². The third kappa shape index (κ3) is 5.10. The van der Waals surface area contributed by atoms with Crippen LogP contribution in [0.3, 0.4) is 0 Å². The minimum atomic E-state index is -2.88. The number of fused-ring (bicyclic) bond motifs is 1. The Morgan fingerprint density at radius 2 is 1.87 bits per heavy atom. The Balaban J connectivity index is 1.39. The van der Waals surface area contributed by atoms with E-state index in [9.17, 15) is 22.8 Å². The summed E-state index contributed by atoms with van der Waals surface area (Å²) in [7, 11) is 1.30. The molecule has 1 aliphatic heterocycles. The molecule has 1 aromatic carbocycles. The number of carbonyl (C=O) groups excluding carboxylic acids is 2. The van der Waals surface area contributed by atoms with E-state index in [0.29, 0.717) is 35.7 Å². The molecule has 5 rings (SSSR count). The third-order valence-electron chi connectivity index (χ3n) is 6.04. The Morgan fingerprint density at radius 3 is 2.55 bits per heavy atom. The zero-order valence-corrected chi connectivity index (χ0v) is 20.1. The standard InChI is InChI=1S/C24H22F3N7O4/c1-37-24(36)32-9-7-31(8-10-32)23(35)34(18-4-2-3-16(25)12-18)14-17-13-33-6-5-15(11-19(33)28-17)21-29-30-22(38-21)20(26)27/h2-6,11-13,20H,7-10,14H2,1H3. The molecule has 3 amide bonds. The quantitative estimate of drug-likeness (QED) is 0.385. The van der Waals surface area contributed by atoms with E-state index in [2.05, 4.69) is 15.2 Å². The molecule has 0 radical (unpaired) electrons. The van der Waals surface area contributed by atoms with Crippen LogP contribution in [0.4, 0.5) is 28.4 Å². The van der Waals surface area contributed by atoms with E-state index >= 15 is 0 Å². The fourth-order valence-electron chi connectivity index (χ4n) is 4.14. The molecule has 1 saturated heterocycles. The number of rotatable bonds is 5. The smallest absolute Gasteiger partial charge is 0.409 e. The summed E-state index contributed by atoms with van der Waals surface area (Å²) in [4.78, 5) is 34.4. The molecule has 0 bridgehead atoms. The predicted molar refractivity (Wildman–Crippen MR) is 127 cm³/mol. The number of nitrogens with zero attached hydrogens (tertiary/aromatic N) is 7. The minimum absolute atomic E-state index is 0.0204. The van der Waals surface area contributed by atoms with Gasteiger partial charge in [-0.05, 0) is 30.3 Å². The van der Waals surface area contributed by atoms with Crippen molar-refractivity contribution in [2.45, 2.75) is 13.0 Å². The van der Waals surface area contributed by atoms with E-state index in [1.165, 1.54) is 35.1 Å². The van der Waals surface area contributed by atoms with Crippen LogP contribution in [-0.4, -0.2) is 74.8 Å². The number of methoxy groups -OCH3 is 1. The summed E-state index contributed by atoms with van der Waals surface area (Å²) in [5.41, 5.74) is 1.68. The van der Waals surface area contributed by atoms with Gasteiger partial charge in [0.2, 0.25) is 5.89 Å². The number of carbonyl (C=O) groups is 2. The number of aromatic nitrogens is 4. The maximum absolute atomic E-state index is 14.1. The maximum atomic E-state index is 14.1. The fraction of sp³-hybridized carbons (Fsp3) is 0.292. The lowest BCUT2D eigenvalue weighted by Crippen LogP contribution is -2.54. The predicted octanol–water partition coefficient (Wildman–Crippen LogP) is 3.97. The first-order chi connectivity index (χ1) is 18.3. The molecule has 0 aliphatic carbocycles. The zero-order valence-electron chi connectivity index (χ0n) is 20.1. The van der Waals surface area contributed by atoms with Gasteiger partial charge in [-0.3, -0.25) is 4.90 Å². The third-order valence-corrected chi connectivity index (χ3v) is 6.04. The summed E-state index contributed by atoms with van der Waals surface area (Å²) < 4.78 is 51.2. The van der Waals surface area contributed by atoms with E-state index in [1.54, 1.807) is 39.9 Å². The summed E-state index contributed by atoms with van der Waals surface area (Å²) >= 11 is 0. The molecule has 1 aliphatic rings. The summed E-state index contributed by atoms with van der Waals surface area (Å²) in [5.74, 6) is -1.35. The minimum Gasteiger partial charge on any atom is -0.453 e. The first-order valence-corrected chi connectivity index (χ1v) is 11.6. The van der Waals surface area contributed by atoms with Gasteiger partial charge in [-0.15, -0.1) is 10.2 Å². The van der Waals surface area contributed by atoms with Crippen molar-refractivity contribution in [1.82, 2.24) is 29.4 Å². The Labute approximate surface area is 214 Å². The number of hydrogen-bond acceptors (Lipinski definition) is 7. The Hall–Kier alpha value is -4.62. The first-order valence-electron chi connectivity index (χ1n) is 11.6. The van der Waals surface area contributed by atoms with Crippen LogP contribution < -0.4 is 4.90 Å². The molecule has 0 saturated carbocycles. The van der Waals surface area contributed by atoms with Gasteiger partial charge in [-0.2, -0.15) is 8.78 Å². The molecule has 1 fully saturated rings. The van der Waals surface area contributed by atoms with Gasteiger partial charge in [0.05, 0.1) is 19.3 Å². The van der Waals surface area contributed by atoms with Crippen LogP contribution in [0.2, 0.25) is 0 Å². The summed E-state index contributed by atoms with van der Waals surface area (Å²) in [6, 6.07) is 8.49. The monoisotopic (exact) mass is 529 g/mol. The van der Waals surface area contributed by atoms with Gasteiger partial charge in [0, 0.05) is 49.8 Å². The number of halogens is 3. The number of piperazine rings is 1. The van der Waals surface area contributed by atoms with E-state index in [-0.39, 0.29) is 31.6 Å². The topological polar surface area (TPSA) is 109 Å². The molecular formula is C24H22F3N7O4. The molecule has 0 spiro atoms. The summed E-state index contributed by atoms with van der Waals surface area (Å²) in [6.07, 6.45) is 0.00185. The molecule has 4 heterocycles. The van der Waals surface area contributed by atoms with E-state index < -0.39 is 24.2 Å². The highest BCUT2D eigenvalue weighted by Gasteiger charge is 2.29.